The highest BCUT2D eigenvalue weighted by atomic mass is 35.5. The zero-order chi connectivity index (χ0) is 34.4. The summed E-state index contributed by atoms with van der Waals surface area (Å²) in [4.78, 5) is 25.0. The molecule has 0 saturated carbocycles. The van der Waals surface area contributed by atoms with Crippen LogP contribution in [-0.2, 0) is 43.4 Å². The first-order chi connectivity index (χ1) is 23.0. The van der Waals surface area contributed by atoms with Crippen LogP contribution in [0.5, 0.6) is 11.5 Å². The molecule has 5 rings (SSSR count). The van der Waals surface area contributed by atoms with E-state index in [1.54, 1.807) is 30.3 Å². The van der Waals surface area contributed by atoms with E-state index in [0.717, 1.165) is 35.7 Å². The van der Waals surface area contributed by atoms with Gasteiger partial charge in [-0.15, -0.1) is 21.3 Å². The fourth-order valence-corrected chi connectivity index (χ4v) is 7.44. The number of nitrogens with zero attached hydrogens (tertiary/aromatic N) is 1. The minimum Gasteiger partial charge on any atom is -0.457 e. The van der Waals surface area contributed by atoms with Gasteiger partial charge in [-0.1, -0.05) is 60.1 Å². The molecule has 48 heavy (non-hydrogen) atoms. The van der Waals surface area contributed by atoms with E-state index in [9.17, 15) is 26.4 Å². The summed E-state index contributed by atoms with van der Waals surface area (Å²) in [5.41, 5.74) is 3.24. The lowest BCUT2D eigenvalue weighted by Gasteiger charge is -2.09. The van der Waals surface area contributed by atoms with Crippen molar-refractivity contribution in [2.45, 2.75) is 36.3 Å². The molecule has 0 aliphatic rings. The highest BCUT2D eigenvalue weighted by Gasteiger charge is 2.16. The first-order valence-electron chi connectivity index (χ1n) is 14.4. The van der Waals surface area contributed by atoms with E-state index in [4.69, 9.17) is 20.8 Å². The van der Waals surface area contributed by atoms with Gasteiger partial charge in [0.2, 0.25) is 31.8 Å². The number of aromatic amines is 1. The van der Waals surface area contributed by atoms with E-state index in [0.29, 0.717) is 21.5 Å². The molecular formula is C31H32ClN5O8S3. The highest BCUT2D eigenvalue weighted by Crippen LogP contribution is 2.23. The fraction of sp³-hybridized carbons (Fsp3) is 0.194. The third-order valence-corrected chi connectivity index (χ3v) is 10.2. The number of aromatic nitrogens is 2. The van der Waals surface area contributed by atoms with E-state index in [-0.39, 0.29) is 23.6 Å². The number of nitrogens with one attached hydrogen (secondary N) is 4. The Morgan fingerprint density at radius 3 is 2.17 bits per heavy atom. The number of ether oxygens (including phenoxy) is 1. The van der Waals surface area contributed by atoms with Crippen molar-refractivity contribution in [1.82, 2.24) is 25.2 Å². The molecule has 1 amide bonds. The molecule has 254 valence electrons. The third-order valence-electron chi connectivity index (χ3n) is 6.25. The number of amides is 1. The molecule has 0 atom stereocenters. The standard InChI is InChI=1S/C17H16N2O3.C14H16ClN3O5S3/c20-17-19-18-16(22-17)8-4-5-13-9-11-15(12-10-13)21-14-6-2-1-3-7-14;15-13-7-6-11(24-13)10-25(20,21)18-17-14(19)8-9-16-26(22,23)12-4-2-1-3-5-12/h1-3,6-7,9-12H,4-5,8H2,(H,19,20);1-7,16,18H,8-10H2,(H,17,19). The van der Waals surface area contributed by atoms with Crippen LogP contribution in [0.1, 0.15) is 29.2 Å². The summed E-state index contributed by atoms with van der Waals surface area (Å²) in [6.07, 6.45) is 2.16. The van der Waals surface area contributed by atoms with Crippen LogP contribution in [0.15, 0.2) is 111 Å². The maximum atomic E-state index is 12.0. The van der Waals surface area contributed by atoms with Gasteiger partial charge in [-0.25, -0.2) is 31.5 Å². The number of benzene rings is 3. The molecule has 3 aromatic carbocycles. The van der Waals surface area contributed by atoms with E-state index < -0.39 is 31.7 Å². The molecule has 17 heteroatoms. The molecule has 4 N–H and O–H groups in total. The van der Waals surface area contributed by atoms with Gasteiger partial charge in [0.25, 0.3) is 0 Å². The number of aryl methyl sites for hydroxylation is 2. The number of H-pyrrole nitrogens is 1. The van der Waals surface area contributed by atoms with Crippen molar-refractivity contribution in [2.75, 3.05) is 6.54 Å². The minimum atomic E-state index is -3.78. The van der Waals surface area contributed by atoms with Crippen molar-refractivity contribution < 1.29 is 30.8 Å². The van der Waals surface area contributed by atoms with Crippen molar-refractivity contribution >= 4 is 48.9 Å². The summed E-state index contributed by atoms with van der Waals surface area (Å²) < 4.78 is 61.0. The molecule has 0 bridgehead atoms. The maximum Gasteiger partial charge on any atom is 0.434 e. The van der Waals surface area contributed by atoms with Crippen molar-refractivity contribution in [3.05, 3.63) is 128 Å². The average molecular weight is 734 g/mol. The van der Waals surface area contributed by atoms with E-state index in [1.165, 1.54) is 17.7 Å². The number of para-hydroxylation sites is 1. The number of thiophene rings is 1. The van der Waals surface area contributed by atoms with Crippen molar-refractivity contribution in [1.29, 1.82) is 0 Å². The van der Waals surface area contributed by atoms with Gasteiger partial charge in [0.05, 0.1) is 9.23 Å². The predicted octanol–water partition coefficient (Wildman–Crippen LogP) is 4.55. The van der Waals surface area contributed by atoms with Crippen LogP contribution in [-0.4, -0.2) is 39.5 Å². The fourth-order valence-electron chi connectivity index (χ4n) is 3.99. The second-order valence-corrected chi connectivity index (χ2v) is 15.3. The molecule has 0 saturated heterocycles. The Labute approximate surface area is 286 Å². The molecule has 0 fully saturated rings. The number of carbonyl (C=O) groups is 1. The number of hydrogen-bond acceptors (Lipinski definition) is 10. The quantitative estimate of drug-likeness (QED) is 0.112. The van der Waals surface area contributed by atoms with Gasteiger partial charge in [0.1, 0.15) is 17.3 Å². The van der Waals surface area contributed by atoms with Gasteiger partial charge in [-0.3, -0.25) is 10.2 Å². The van der Waals surface area contributed by atoms with Crippen LogP contribution in [0.2, 0.25) is 4.34 Å². The number of hydrazine groups is 1. The molecule has 0 aliphatic carbocycles. The van der Waals surface area contributed by atoms with Gasteiger partial charge < -0.3 is 9.15 Å². The summed E-state index contributed by atoms with van der Waals surface area (Å²) in [6.45, 7) is -0.175. The number of sulfonamides is 2. The molecule has 2 heterocycles. The SMILES string of the molecule is O=C(CCNS(=O)(=O)c1ccccc1)NNS(=O)(=O)Cc1ccc(Cl)s1.O=c1[nH]nc(CCCc2ccc(Oc3ccccc3)cc2)o1. The summed E-state index contributed by atoms with van der Waals surface area (Å²) in [7, 11) is -7.50. The Hall–Kier alpha value is -4.32. The van der Waals surface area contributed by atoms with Gasteiger partial charge in [0.15, 0.2) is 0 Å². The number of carbonyl (C=O) groups excluding carboxylic acids is 1. The lowest BCUT2D eigenvalue weighted by Crippen LogP contribution is -2.43. The predicted molar refractivity (Wildman–Crippen MR) is 182 cm³/mol. The van der Waals surface area contributed by atoms with Gasteiger partial charge >= 0.3 is 5.76 Å². The number of rotatable bonds is 15. The van der Waals surface area contributed by atoms with Crippen LogP contribution in [0.4, 0.5) is 0 Å². The lowest BCUT2D eigenvalue weighted by molar-refractivity contribution is -0.121. The van der Waals surface area contributed by atoms with E-state index in [2.05, 4.69) is 14.9 Å². The first-order valence-corrected chi connectivity index (χ1v) is 18.7. The van der Waals surface area contributed by atoms with Crippen molar-refractivity contribution in [3.8, 4) is 11.5 Å². The summed E-state index contributed by atoms with van der Waals surface area (Å²) in [6, 6.07) is 28.5. The smallest absolute Gasteiger partial charge is 0.434 e. The number of hydrogen-bond donors (Lipinski definition) is 4. The van der Waals surface area contributed by atoms with Gasteiger partial charge in [0, 0.05) is 24.3 Å². The molecule has 0 unspecified atom stereocenters. The monoisotopic (exact) mass is 733 g/mol. The summed E-state index contributed by atoms with van der Waals surface area (Å²) in [5.74, 6) is 0.586. The van der Waals surface area contributed by atoms with E-state index in [1.807, 2.05) is 64.9 Å². The number of halogens is 1. The van der Waals surface area contributed by atoms with Crippen LogP contribution < -0.4 is 25.5 Å². The molecule has 13 nitrogen and oxygen atoms in total. The average Bonchev–Trinajstić information content (AvgIpc) is 3.68. The molecular weight excluding hydrogens is 702 g/mol. The second-order valence-electron chi connectivity index (χ2n) is 10.00. The Morgan fingerprint density at radius 1 is 0.875 bits per heavy atom. The second kappa shape index (κ2) is 17.7. The minimum absolute atomic E-state index is 0.0794. The summed E-state index contributed by atoms with van der Waals surface area (Å²) >= 11 is 6.85. The van der Waals surface area contributed by atoms with Crippen LogP contribution >= 0.6 is 22.9 Å². The van der Waals surface area contributed by atoms with Gasteiger partial charge in [-0.05, 0) is 66.9 Å². The maximum absolute atomic E-state index is 12.0. The topological polar surface area (TPSA) is 190 Å². The molecule has 0 aliphatic heterocycles. The molecule has 5 aromatic rings. The summed E-state index contributed by atoms with van der Waals surface area (Å²) in [5, 5.41) is 6.04. The van der Waals surface area contributed by atoms with Gasteiger partial charge in [-0.2, -0.15) is 0 Å². The normalized spacial score (nSPS) is 11.4. The largest absolute Gasteiger partial charge is 0.457 e. The molecule has 2 aromatic heterocycles. The van der Waals surface area contributed by atoms with Crippen LogP contribution in [0, 0.1) is 0 Å². The lowest BCUT2D eigenvalue weighted by atomic mass is 10.1. The first kappa shape index (κ1) is 36.5. The van der Waals surface area contributed by atoms with Crippen molar-refractivity contribution in [2.24, 2.45) is 0 Å². The Kier molecular flexibility index (Phi) is 13.5. The Bertz CT molecular complexity index is 2020. The van der Waals surface area contributed by atoms with Crippen molar-refractivity contribution in [3.63, 3.8) is 0 Å². The van der Waals surface area contributed by atoms with Crippen LogP contribution in [0.3, 0.4) is 0 Å². The molecule has 0 radical (unpaired) electrons. The third kappa shape index (κ3) is 12.7. The Morgan fingerprint density at radius 2 is 1.54 bits per heavy atom. The highest BCUT2D eigenvalue weighted by molar-refractivity contribution is 7.89. The van der Waals surface area contributed by atoms with Crippen LogP contribution in [0.25, 0.3) is 0 Å². The Balaban J connectivity index is 0.000000219. The zero-order valence-corrected chi connectivity index (χ0v) is 28.5. The van der Waals surface area contributed by atoms with E-state index >= 15 is 0 Å². The molecule has 0 spiro atoms. The zero-order valence-electron chi connectivity index (χ0n) is 25.3.